The minimum absolute atomic E-state index is 0.427. The molecule has 1 unspecified atom stereocenters. The Balaban J connectivity index is 1.67. The second-order valence-corrected chi connectivity index (χ2v) is 6.09. The summed E-state index contributed by atoms with van der Waals surface area (Å²) >= 11 is 0. The number of aliphatic hydroxyl groups excluding tert-OH is 1. The van der Waals surface area contributed by atoms with E-state index < -0.39 is 6.10 Å². The number of hydrogen-bond donors (Lipinski definition) is 1. The van der Waals surface area contributed by atoms with Crippen LogP contribution >= 0.6 is 0 Å². The first-order chi connectivity index (χ1) is 11.7. The first-order valence-corrected chi connectivity index (χ1v) is 8.17. The van der Waals surface area contributed by atoms with Crippen LogP contribution in [0.25, 0.3) is 27.7 Å². The molecule has 3 aromatic carbocycles. The SMILES string of the molecule is CC(O)c1ccc(-c2ccc(-n3ccc4ccccc43)cc2)cc1. The zero-order valence-corrected chi connectivity index (χ0v) is 13.6. The molecule has 0 aliphatic rings. The van der Waals surface area contributed by atoms with E-state index in [9.17, 15) is 5.11 Å². The summed E-state index contributed by atoms with van der Waals surface area (Å²) in [7, 11) is 0. The van der Waals surface area contributed by atoms with Gasteiger partial charge in [0.15, 0.2) is 0 Å². The number of hydrogen-bond acceptors (Lipinski definition) is 1. The van der Waals surface area contributed by atoms with Crippen molar-refractivity contribution in [3.8, 4) is 16.8 Å². The largest absolute Gasteiger partial charge is 0.389 e. The second-order valence-electron chi connectivity index (χ2n) is 6.09. The molecule has 0 aliphatic carbocycles. The minimum Gasteiger partial charge on any atom is -0.389 e. The topological polar surface area (TPSA) is 25.2 Å². The predicted octanol–water partition coefficient (Wildman–Crippen LogP) is 5.35. The third-order valence-corrected chi connectivity index (χ3v) is 4.47. The Labute approximate surface area is 141 Å². The summed E-state index contributed by atoms with van der Waals surface area (Å²) < 4.78 is 2.20. The molecule has 0 fully saturated rings. The van der Waals surface area contributed by atoms with Crippen molar-refractivity contribution < 1.29 is 5.11 Å². The first kappa shape index (κ1) is 14.7. The van der Waals surface area contributed by atoms with Gasteiger partial charge < -0.3 is 9.67 Å². The van der Waals surface area contributed by atoms with Gasteiger partial charge in [-0.1, -0.05) is 54.6 Å². The van der Waals surface area contributed by atoms with E-state index in [1.807, 2.05) is 12.1 Å². The van der Waals surface area contributed by atoms with Crippen molar-refractivity contribution in [1.29, 1.82) is 0 Å². The van der Waals surface area contributed by atoms with Gasteiger partial charge in [-0.25, -0.2) is 0 Å². The van der Waals surface area contributed by atoms with Crippen molar-refractivity contribution in [2.75, 3.05) is 0 Å². The highest BCUT2D eigenvalue weighted by Crippen LogP contribution is 2.25. The second kappa shape index (κ2) is 5.99. The van der Waals surface area contributed by atoms with E-state index in [0.717, 1.165) is 16.8 Å². The molecule has 0 bridgehead atoms. The minimum atomic E-state index is -0.427. The van der Waals surface area contributed by atoms with Crippen molar-refractivity contribution in [3.05, 3.63) is 90.6 Å². The van der Waals surface area contributed by atoms with Crippen molar-refractivity contribution >= 4 is 10.9 Å². The summed E-state index contributed by atoms with van der Waals surface area (Å²) in [5.74, 6) is 0. The lowest BCUT2D eigenvalue weighted by Gasteiger charge is -2.09. The van der Waals surface area contributed by atoms with Crippen LogP contribution in [0.15, 0.2) is 85.1 Å². The van der Waals surface area contributed by atoms with Gasteiger partial charge in [-0.2, -0.15) is 0 Å². The lowest BCUT2D eigenvalue weighted by atomic mass is 10.0. The van der Waals surface area contributed by atoms with Crippen LogP contribution in [-0.2, 0) is 0 Å². The summed E-state index contributed by atoms with van der Waals surface area (Å²) in [6.45, 7) is 1.78. The molecule has 24 heavy (non-hydrogen) atoms. The first-order valence-electron chi connectivity index (χ1n) is 8.17. The van der Waals surface area contributed by atoms with Crippen LogP contribution in [-0.4, -0.2) is 9.67 Å². The molecule has 1 atom stereocenters. The Bertz CT molecular complexity index is 963. The van der Waals surface area contributed by atoms with Gasteiger partial charge in [0, 0.05) is 11.9 Å². The molecular formula is C22H19NO. The summed E-state index contributed by atoms with van der Waals surface area (Å²) in [4.78, 5) is 0. The number of rotatable bonds is 3. The highest BCUT2D eigenvalue weighted by atomic mass is 16.3. The number of para-hydroxylation sites is 1. The Kier molecular flexibility index (Phi) is 3.68. The zero-order valence-electron chi connectivity index (χ0n) is 13.6. The van der Waals surface area contributed by atoms with E-state index in [4.69, 9.17) is 0 Å². The highest BCUT2D eigenvalue weighted by Gasteiger charge is 2.05. The predicted molar refractivity (Wildman–Crippen MR) is 99.3 cm³/mol. The fourth-order valence-corrected chi connectivity index (χ4v) is 3.08. The van der Waals surface area contributed by atoms with Gasteiger partial charge in [0.25, 0.3) is 0 Å². The average molecular weight is 313 g/mol. The molecule has 1 N–H and O–H groups in total. The third-order valence-electron chi connectivity index (χ3n) is 4.47. The highest BCUT2D eigenvalue weighted by molar-refractivity contribution is 5.82. The van der Waals surface area contributed by atoms with Crippen molar-refractivity contribution in [2.45, 2.75) is 13.0 Å². The van der Waals surface area contributed by atoms with Crippen LogP contribution in [0, 0.1) is 0 Å². The molecule has 2 nitrogen and oxygen atoms in total. The third kappa shape index (κ3) is 2.61. The molecule has 0 amide bonds. The van der Waals surface area contributed by atoms with E-state index in [-0.39, 0.29) is 0 Å². The molecule has 4 aromatic rings. The molecule has 0 aliphatic heterocycles. The number of fused-ring (bicyclic) bond motifs is 1. The van der Waals surface area contributed by atoms with Gasteiger partial charge in [-0.3, -0.25) is 0 Å². The van der Waals surface area contributed by atoms with E-state index in [0.29, 0.717) is 0 Å². The number of aliphatic hydroxyl groups is 1. The van der Waals surface area contributed by atoms with Crippen LogP contribution in [0.5, 0.6) is 0 Å². The van der Waals surface area contributed by atoms with Crippen LogP contribution in [0.1, 0.15) is 18.6 Å². The number of benzene rings is 3. The molecule has 118 valence electrons. The molecule has 1 aromatic heterocycles. The van der Waals surface area contributed by atoms with Crippen LogP contribution in [0.2, 0.25) is 0 Å². The van der Waals surface area contributed by atoms with Gasteiger partial charge in [-0.15, -0.1) is 0 Å². The fourth-order valence-electron chi connectivity index (χ4n) is 3.08. The molecule has 0 saturated carbocycles. The lowest BCUT2D eigenvalue weighted by molar-refractivity contribution is 0.199. The number of aromatic nitrogens is 1. The fraction of sp³-hybridized carbons (Fsp3) is 0.0909. The van der Waals surface area contributed by atoms with Crippen LogP contribution in [0.4, 0.5) is 0 Å². The maximum atomic E-state index is 9.61. The molecule has 0 saturated heterocycles. The maximum absolute atomic E-state index is 9.61. The van der Waals surface area contributed by atoms with Crippen molar-refractivity contribution in [3.63, 3.8) is 0 Å². The van der Waals surface area contributed by atoms with Crippen molar-refractivity contribution in [1.82, 2.24) is 4.57 Å². The monoisotopic (exact) mass is 313 g/mol. The molecular weight excluding hydrogens is 294 g/mol. The maximum Gasteiger partial charge on any atom is 0.0761 e. The average Bonchev–Trinajstić information content (AvgIpc) is 3.06. The summed E-state index contributed by atoms with van der Waals surface area (Å²) in [5, 5.41) is 10.9. The molecule has 4 rings (SSSR count). The van der Waals surface area contributed by atoms with E-state index in [1.165, 1.54) is 16.5 Å². The van der Waals surface area contributed by atoms with Gasteiger partial charge in [0.05, 0.1) is 11.6 Å². The Morgan fingerprint density at radius 3 is 2.04 bits per heavy atom. The normalized spacial score (nSPS) is 12.4. The van der Waals surface area contributed by atoms with Crippen LogP contribution < -0.4 is 0 Å². The summed E-state index contributed by atoms with van der Waals surface area (Å²) in [6.07, 6.45) is 1.68. The molecule has 0 spiro atoms. The summed E-state index contributed by atoms with van der Waals surface area (Å²) in [6, 6.07) is 27.2. The smallest absolute Gasteiger partial charge is 0.0761 e. The molecule has 1 heterocycles. The summed E-state index contributed by atoms with van der Waals surface area (Å²) in [5.41, 5.74) is 5.64. The van der Waals surface area contributed by atoms with Crippen LogP contribution in [0.3, 0.4) is 0 Å². The lowest BCUT2D eigenvalue weighted by Crippen LogP contribution is -1.92. The van der Waals surface area contributed by atoms with Gasteiger partial charge in [-0.05, 0) is 53.3 Å². The quantitative estimate of drug-likeness (QED) is 0.542. The van der Waals surface area contributed by atoms with Gasteiger partial charge in [0.2, 0.25) is 0 Å². The van der Waals surface area contributed by atoms with Crippen molar-refractivity contribution in [2.24, 2.45) is 0 Å². The molecule has 0 radical (unpaired) electrons. The Hall–Kier alpha value is -2.84. The number of nitrogens with zero attached hydrogens (tertiary/aromatic N) is 1. The van der Waals surface area contributed by atoms with Gasteiger partial charge >= 0.3 is 0 Å². The van der Waals surface area contributed by atoms with E-state index in [2.05, 4.69) is 77.5 Å². The molecule has 2 heteroatoms. The Morgan fingerprint density at radius 2 is 1.38 bits per heavy atom. The van der Waals surface area contributed by atoms with E-state index in [1.54, 1.807) is 6.92 Å². The standard InChI is InChI=1S/C22H19NO/c1-16(24)17-6-8-18(9-7-17)19-10-12-21(13-11-19)23-15-14-20-4-2-3-5-22(20)23/h2-16,24H,1H3. The zero-order chi connectivity index (χ0) is 16.5. The van der Waals surface area contributed by atoms with Gasteiger partial charge in [0.1, 0.15) is 0 Å². The van der Waals surface area contributed by atoms with E-state index >= 15 is 0 Å². The Morgan fingerprint density at radius 1 is 0.750 bits per heavy atom.